The Kier molecular flexibility index (Phi) is 5.00. The third-order valence-electron chi connectivity index (χ3n) is 5.00. The van der Waals surface area contributed by atoms with Gasteiger partial charge in [-0.1, -0.05) is 30.3 Å². The molecule has 1 aliphatic rings. The Labute approximate surface area is 161 Å². The van der Waals surface area contributed by atoms with Crippen LogP contribution in [0, 0.1) is 0 Å². The predicted molar refractivity (Wildman–Crippen MR) is 100 cm³/mol. The maximum atomic E-state index is 12.8. The van der Waals surface area contributed by atoms with Crippen LogP contribution in [-0.2, 0) is 17.9 Å². The molecule has 1 aliphatic heterocycles. The molecule has 1 atom stereocenters. The number of carbonyl (C=O) groups is 1. The SMILES string of the molecule is CCn1c(C2CCCN(C(=O)Cn3nnc(-c4ccccc4)n3)C2)n[nH]c1=O. The fraction of sp³-hybridized carbons (Fsp3) is 0.444. The molecule has 3 aromatic rings. The highest BCUT2D eigenvalue weighted by Gasteiger charge is 2.28. The number of nitrogens with one attached hydrogen (secondary N) is 1. The Bertz CT molecular complexity index is 1010. The van der Waals surface area contributed by atoms with Crippen LogP contribution in [0.3, 0.4) is 0 Å². The lowest BCUT2D eigenvalue weighted by atomic mass is 9.97. The standard InChI is InChI=1S/C18H22N8O2/c1-2-25-17(20-21-18(25)28)14-9-6-10-24(11-14)15(27)12-26-22-16(19-23-26)13-7-4-3-5-8-13/h3-5,7-8,14H,2,6,9-12H2,1H3,(H,21,28). The molecule has 1 aromatic carbocycles. The summed E-state index contributed by atoms with van der Waals surface area (Å²) in [4.78, 5) is 27.7. The molecule has 0 spiro atoms. The number of tetrazole rings is 1. The molecule has 0 aliphatic carbocycles. The van der Waals surface area contributed by atoms with Crippen molar-refractivity contribution in [1.82, 2.24) is 39.9 Å². The van der Waals surface area contributed by atoms with E-state index >= 15 is 0 Å². The molecule has 10 nitrogen and oxygen atoms in total. The average molecular weight is 382 g/mol. The fourth-order valence-corrected chi connectivity index (χ4v) is 3.60. The van der Waals surface area contributed by atoms with Gasteiger partial charge >= 0.3 is 5.69 Å². The highest BCUT2D eigenvalue weighted by Crippen LogP contribution is 2.25. The quantitative estimate of drug-likeness (QED) is 0.693. The molecular weight excluding hydrogens is 360 g/mol. The number of benzene rings is 1. The zero-order valence-electron chi connectivity index (χ0n) is 15.7. The van der Waals surface area contributed by atoms with E-state index in [0.717, 1.165) is 24.2 Å². The average Bonchev–Trinajstić information content (AvgIpc) is 3.35. The van der Waals surface area contributed by atoms with Gasteiger partial charge in [-0.2, -0.15) is 9.90 Å². The number of rotatable bonds is 5. The molecule has 10 heteroatoms. The summed E-state index contributed by atoms with van der Waals surface area (Å²) < 4.78 is 1.63. The molecule has 146 valence electrons. The summed E-state index contributed by atoms with van der Waals surface area (Å²) in [6.45, 7) is 3.71. The zero-order chi connectivity index (χ0) is 19.5. The highest BCUT2D eigenvalue weighted by molar-refractivity contribution is 5.76. The number of aromatic nitrogens is 7. The summed E-state index contributed by atoms with van der Waals surface area (Å²) >= 11 is 0. The number of nitrogens with zero attached hydrogens (tertiary/aromatic N) is 7. The number of H-pyrrole nitrogens is 1. The number of aromatic amines is 1. The van der Waals surface area contributed by atoms with Gasteiger partial charge in [0.1, 0.15) is 12.4 Å². The molecule has 3 heterocycles. The Morgan fingerprint density at radius 3 is 2.89 bits per heavy atom. The van der Waals surface area contributed by atoms with Gasteiger partial charge in [-0.05, 0) is 25.0 Å². The van der Waals surface area contributed by atoms with Crippen molar-refractivity contribution in [3.05, 3.63) is 46.6 Å². The smallest absolute Gasteiger partial charge is 0.340 e. The van der Waals surface area contributed by atoms with E-state index in [1.807, 2.05) is 37.3 Å². The first kappa shape index (κ1) is 18.1. The summed E-state index contributed by atoms with van der Waals surface area (Å²) in [6, 6.07) is 9.52. The lowest BCUT2D eigenvalue weighted by molar-refractivity contribution is -0.133. The highest BCUT2D eigenvalue weighted by atomic mass is 16.2. The Morgan fingerprint density at radius 2 is 2.11 bits per heavy atom. The van der Waals surface area contributed by atoms with Gasteiger partial charge in [0.25, 0.3) is 0 Å². The molecule has 0 saturated carbocycles. The third-order valence-corrected chi connectivity index (χ3v) is 5.00. The number of carbonyl (C=O) groups excluding carboxylic acids is 1. The van der Waals surface area contributed by atoms with Crippen LogP contribution in [0.2, 0.25) is 0 Å². The van der Waals surface area contributed by atoms with Crippen molar-refractivity contribution in [3.8, 4) is 11.4 Å². The van der Waals surface area contributed by atoms with Gasteiger partial charge in [-0.25, -0.2) is 9.89 Å². The number of likely N-dealkylation sites (tertiary alicyclic amines) is 1. The second-order valence-electron chi connectivity index (χ2n) is 6.82. The van der Waals surface area contributed by atoms with E-state index in [4.69, 9.17) is 0 Å². The van der Waals surface area contributed by atoms with E-state index in [1.54, 1.807) is 9.47 Å². The zero-order valence-corrected chi connectivity index (χ0v) is 15.7. The lowest BCUT2D eigenvalue weighted by Gasteiger charge is -2.32. The minimum Gasteiger partial charge on any atom is -0.340 e. The molecule has 1 fully saturated rings. The maximum Gasteiger partial charge on any atom is 0.343 e. The third kappa shape index (κ3) is 3.57. The minimum absolute atomic E-state index is 0.0354. The fourth-order valence-electron chi connectivity index (χ4n) is 3.60. The van der Waals surface area contributed by atoms with Crippen molar-refractivity contribution in [1.29, 1.82) is 0 Å². The van der Waals surface area contributed by atoms with E-state index in [-0.39, 0.29) is 24.1 Å². The molecule has 4 rings (SSSR count). The van der Waals surface area contributed by atoms with E-state index in [9.17, 15) is 9.59 Å². The van der Waals surface area contributed by atoms with Crippen LogP contribution >= 0.6 is 0 Å². The topological polar surface area (TPSA) is 115 Å². The minimum atomic E-state index is -0.207. The summed E-state index contributed by atoms with van der Waals surface area (Å²) in [6.07, 6.45) is 1.76. The predicted octanol–water partition coefficient (Wildman–Crippen LogP) is 0.651. The van der Waals surface area contributed by atoms with Crippen molar-refractivity contribution in [2.45, 2.75) is 38.8 Å². The van der Waals surface area contributed by atoms with Crippen molar-refractivity contribution in [2.24, 2.45) is 0 Å². The van der Waals surface area contributed by atoms with Gasteiger partial charge in [0.15, 0.2) is 0 Å². The molecular formula is C18H22N8O2. The second kappa shape index (κ2) is 7.75. The largest absolute Gasteiger partial charge is 0.343 e. The van der Waals surface area contributed by atoms with Crippen LogP contribution in [0.5, 0.6) is 0 Å². The normalized spacial score (nSPS) is 17.0. The lowest BCUT2D eigenvalue weighted by Crippen LogP contribution is -2.42. The molecule has 1 saturated heterocycles. The molecule has 0 bridgehead atoms. The van der Waals surface area contributed by atoms with Gasteiger partial charge < -0.3 is 4.90 Å². The van der Waals surface area contributed by atoms with Crippen LogP contribution < -0.4 is 5.69 Å². The monoisotopic (exact) mass is 382 g/mol. The first-order valence-corrected chi connectivity index (χ1v) is 9.41. The molecule has 1 amide bonds. The summed E-state index contributed by atoms with van der Waals surface area (Å²) in [7, 11) is 0. The van der Waals surface area contributed by atoms with Gasteiger partial charge in [0.05, 0.1) is 0 Å². The van der Waals surface area contributed by atoms with Crippen LogP contribution in [0.1, 0.15) is 31.5 Å². The Morgan fingerprint density at radius 1 is 1.29 bits per heavy atom. The van der Waals surface area contributed by atoms with Crippen LogP contribution in [-0.4, -0.2) is 58.9 Å². The summed E-state index contributed by atoms with van der Waals surface area (Å²) in [5, 5.41) is 19.0. The first-order valence-electron chi connectivity index (χ1n) is 9.41. The van der Waals surface area contributed by atoms with Crippen molar-refractivity contribution in [2.75, 3.05) is 13.1 Å². The van der Waals surface area contributed by atoms with Crippen LogP contribution in [0.4, 0.5) is 0 Å². The number of amides is 1. The van der Waals surface area contributed by atoms with Crippen molar-refractivity contribution >= 4 is 5.91 Å². The Balaban J connectivity index is 1.44. The van der Waals surface area contributed by atoms with Gasteiger partial charge in [0.2, 0.25) is 11.7 Å². The number of hydrogen-bond donors (Lipinski definition) is 1. The number of hydrogen-bond acceptors (Lipinski definition) is 6. The van der Waals surface area contributed by atoms with Crippen LogP contribution in [0.15, 0.2) is 35.1 Å². The van der Waals surface area contributed by atoms with E-state index in [2.05, 4.69) is 25.6 Å². The number of piperidine rings is 1. The first-order chi connectivity index (χ1) is 13.7. The van der Waals surface area contributed by atoms with Crippen molar-refractivity contribution < 1.29 is 4.79 Å². The molecule has 1 unspecified atom stereocenters. The molecule has 2 aromatic heterocycles. The Hall–Kier alpha value is -3.30. The summed E-state index contributed by atoms with van der Waals surface area (Å²) in [5.74, 6) is 1.19. The van der Waals surface area contributed by atoms with Gasteiger partial charge in [0, 0.05) is 31.1 Å². The molecule has 1 N–H and O–H groups in total. The summed E-state index contributed by atoms with van der Waals surface area (Å²) in [5.41, 5.74) is 0.650. The molecule has 28 heavy (non-hydrogen) atoms. The second-order valence-corrected chi connectivity index (χ2v) is 6.82. The maximum absolute atomic E-state index is 12.8. The van der Waals surface area contributed by atoms with E-state index in [0.29, 0.717) is 25.5 Å². The van der Waals surface area contributed by atoms with E-state index < -0.39 is 0 Å². The molecule has 0 radical (unpaired) electrons. The van der Waals surface area contributed by atoms with Gasteiger partial charge in [-0.15, -0.1) is 10.2 Å². The van der Waals surface area contributed by atoms with Crippen LogP contribution in [0.25, 0.3) is 11.4 Å². The van der Waals surface area contributed by atoms with Crippen molar-refractivity contribution in [3.63, 3.8) is 0 Å². The van der Waals surface area contributed by atoms with E-state index in [1.165, 1.54) is 4.80 Å². The van der Waals surface area contributed by atoms with Gasteiger partial charge in [-0.3, -0.25) is 9.36 Å².